The fourth-order valence-corrected chi connectivity index (χ4v) is 0.504. The highest BCUT2D eigenvalue weighted by Crippen LogP contribution is 2.03. The van der Waals surface area contributed by atoms with Gasteiger partial charge in [-0.15, -0.1) is 0 Å². The first kappa shape index (κ1) is 10.4. The highest BCUT2D eigenvalue weighted by molar-refractivity contribution is 6.00. The van der Waals surface area contributed by atoms with Crippen LogP contribution in [0.15, 0.2) is 36.5 Å². The molecular weight excluding hydrogens is 154 g/mol. The average molecular weight is 165 g/mol. The average Bonchev–Trinajstić information content (AvgIpc) is 1.98. The summed E-state index contributed by atoms with van der Waals surface area (Å²) in [5.74, 6) is -1.06. The van der Waals surface area contributed by atoms with Crippen molar-refractivity contribution in [2.75, 3.05) is 0 Å². The van der Waals surface area contributed by atoms with Gasteiger partial charge in [-0.2, -0.15) is 0 Å². The Balaban J connectivity index is 4.72. The van der Waals surface area contributed by atoms with Crippen LogP contribution in [0.4, 0.5) is 0 Å². The Morgan fingerprint density at radius 1 is 1.58 bits per heavy atom. The monoisotopic (exact) mass is 165 g/mol. The van der Waals surface area contributed by atoms with Gasteiger partial charge >= 0.3 is 5.97 Å². The van der Waals surface area contributed by atoms with Crippen molar-refractivity contribution in [1.29, 1.82) is 5.41 Å². The second-order valence-electron chi connectivity index (χ2n) is 2.26. The van der Waals surface area contributed by atoms with Crippen LogP contribution in [0.25, 0.3) is 0 Å². The molecule has 0 heterocycles. The highest BCUT2D eigenvalue weighted by Gasteiger charge is 2.02. The summed E-state index contributed by atoms with van der Waals surface area (Å²) in [5.41, 5.74) is 0.675. The Labute approximate surface area is 71.2 Å². The van der Waals surface area contributed by atoms with E-state index in [1.165, 1.54) is 12.2 Å². The fraction of sp³-hybridized carbons (Fsp3) is 0.111. The smallest absolute Gasteiger partial charge is 0.335 e. The van der Waals surface area contributed by atoms with E-state index in [9.17, 15) is 4.79 Å². The lowest BCUT2D eigenvalue weighted by Crippen LogP contribution is -1.99. The van der Waals surface area contributed by atoms with Crippen molar-refractivity contribution in [2.45, 2.75) is 6.92 Å². The van der Waals surface area contributed by atoms with Crippen molar-refractivity contribution in [2.24, 2.45) is 0 Å². The predicted octanol–water partition coefficient (Wildman–Crippen LogP) is 1.78. The SMILES string of the molecule is C=CC(=CC(=C)C(C)=N)C(=O)O. The second kappa shape index (κ2) is 4.28. The van der Waals surface area contributed by atoms with Gasteiger partial charge in [-0.1, -0.05) is 19.2 Å². The van der Waals surface area contributed by atoms with Gasteiger partial charge in [0.15, 0.2) is 0 Å². The first-order valence-corrected chi connectivity index (χ1v) is 3.31. The zero-order valence-electron chi connectivity index (χ0n) is 6.92. The van der Waals surface area contributed by atoms with Gasteiger partial charge in [-0.05, 0) is 18.6 Å². The van der Waals surface area contributed by atoms with Crippen molar-refractivity contribution in [1.82, 2.24) is 0 Å². The van der Waals surface area contributed by atoms with E-state index in [4.69, 9.17) is 10.5 Å². The molecule has 3 heteroatoms. The van der Waals surface area contributed by atoms with Crippen LogP contribution >= 0.6 is 0 Å². The molecule has 0 aromatic carbocycles. The summed E-state index contributed by atoms with van der Waals surface area (Å²) in [6, 6.07) is 0. The lowest BCUT2D eigenvalue weighted by Gasteiger charge is -1.97. The minimum absolute atomic E-state index is 0.0478. The molecule has 0 aliphatic rings. The third-order valence-electron chi connectivity index (χ3n) is 1.28. The molecule has 0 radical (unpaired) electrons. The van der Waals surface area contributed by atoms with Gasteiger partial charge in [0.2, 0.25) is 0 Å². The summed E-state index contributed by atoms with van der Waals surface area (Å²) in [5, 5.41) is 15.7. The Kier molecular flexibility index (Phi) is 3.70. The Morgan fingerprint density at radius 3 is 2.33 bits per heavy atom. The molecule has 0 bridgehead atoms. The highest BCUT2D eigenvalue weighted by atomic mass is 16.4. The van der Waals surface area contributed by atoms with E-state index in [0.29, 0.717) is 5.57 Å². The van der Waals surface area contributed by atoms with Crippen LogP contribution in [0.2, 0.25) is 0 Å². The molecule has 2 N–H and O–H groups in total. The third-order valence-corrected chi connectivity index (χ3v) is 1.28. The molecule has 0 saturated carbocycles. The van der Waals surface area contributed by atoms with Crippen LogP contribution in [-0.4, -0.2) is 16.8 Å². The Morgan fingerprint density at radius 2 is 2.08 bits per heavy atom. The summed E-state index contributed by atoms with van der Waals surface area (Å²) < 4.78 is 0. The minimum Gasteiger partial charge on any atom is -0.478 e. The maximum atomic E-state index is 10.4. The Bertz CT molecular complexity index is 274. The summed E-state index contributed by atoms with van der Waals surface area (Å²) in [4.78, 5) is 10.4. The standard InChI is InChI=1S/C9H11NO2/c1-4-8(9(11)12)5-6(2)7(3)10/h4-5,10H,1-2H2,3H3,(H,11,12). The van der Waals surface area contributed by atoms with E-state index < -0.39 is 5.97 Å². The molecule has 0 amide bonds. The molecule has 0 atom stereocenters. The number of carboxylic acid groups (broad SMARTS) is 1. The maximum Gasteiger partial charge on any atom is 0.335 e. The molecule has 3 nitrogen and oxygen atoms in total. The molecule has 0 unspecified atom stereocenters. The Hall–Kier alpha value is -1.64. The first-order chi connectivity index (χ1) is 5.49. The summed E-state index contributed by atoms with van der Waals surface area (Å²) >= 11 is 0. The molecule has 0 aromatic heterocycles. The predicted molar refractivity (Wildman–Crippen MR) is 48.5 cm³/mol. The molecule has 64 valence electrons. The van der Waals surface area contributed by atoms with Crippen molar-refractivity contribution < 1.29 is 9.90 Å². The largest absolute Gasteiger partial charge is 0.478 e. The van der Waals surface area contributed by atoms with E-state index in [1.54, 1.807) is 6.92 Å². The molecular formula is C9H11NO2. The number of carboxylic acids is 1. The van der Waals surface area contributed by atoms with Gasteiger partial charge in [0, 0.05) is 5.71 Å². The lowest BCUT2D eigenvalue weighted by atomic mass is 10.1. The van der Waals surface area contributed by atoms with Gasteiger partial charge in [-0.3, -0.25) is 0 Å². The number of hydrogen-bond acceptors (Lipinski definition) is 2. The lowest BCUT2D eigenvalue weighted by molar-refractivity contribution is -0.132. The summed E-state index contributed by atoms with van der Waals surface area (Å²) in [6.07, 6.45) is 2.54. The number of nitrogens with one attached hydrogen (secondary N) is 1. The first-order valence-electron chi connectivity index (χ1n) is 3.31. The van der Waals surface area contributed by atoms with Crippen LogP contribution in [0.3, 0.4) is 0 Å². The zero-order valence-corrected chi connectivity index (χ0v) is 6.92. The minimum atomic E-state index is -1.06. The third kappa shape index (κ3) is 2.96. The van der Waals surface area contributed by atoms with Crippen LogP contribution in [-0.2, 0) is 4.79 Å². The van der Waals surface area contributed by atoms with Gasteiger partial charge in [0.05, 0.1) is 5.57 Å². The fourth-order valence-electron chi connectivity index (χ4n) is 0.504. The number of carbonyl (C=O) groups is 1. The van der Waals surface area contributed by atoms with Crippen molar-refractivity contribution in [3.8, 4) is 0 Å². The van der Waals surface area contributed by atoms with Crippen LogP contribution in [0.5, 0.6) is 0 Å². The van der Waals surface area contributed by atoms with E-state index in [0.717, 1.165) is 0 Å². The topological polar surface area (TPSA) is 61.2 Å². The van der Waals surface area contributed by atoms with Gasteiger partial charge in [0.25, 0.3) is 0 Å². The molecule has 0 fully saturated rings. The number of allylic oxidation sites excluding steroid dienone is 2. The molecule has 0 saturated heterocycles. The molecule has 12 heavy (non-hydrogen) atoms. The van der Waals surface area contributed by atoms with Gasteiger partial charge < -0.3 is 10.5 Å². The molecule has 0 aliphatic heterocycles. The second-order valence-corrected chi connectivity index (χ2v) is 2.26. The van der Waals surface area contributed by atoms with Crippen LogP contribution in [0, 0.1) is 5.41 Å². The van der Waals surface area contributed by atoms with Crippen LogP contribution in [0.1, 0.15) is 6.92 Å². The molecule has 0 rings (SSSR count). The van der Waals surface area contributed by atoms with E-state index in [2.05, 4.69) is 13.2 Å². The maximum absolute atomic E-state index is 10.4. The molecule has 0 spiro atoms. The summed E-state index contributed by atoms with van der Waals surface area (Å²) in [7, 11) is 0. The number of rotatable bonds is 4. The molecule has 0 aliphatic carbocycles. The van der Waals surface area contributed by atoms with Gasteiger partial charge in [0.1, 0.15) is 0 Å². The molecule has 0 aromatic rings. The van der Waals surface area contributed by atoms with Crippen molar-refractivity contribution >= 4 is 11.7 Å². The van der Waals surface area contributed by atoms with E-state index in [-0.39, 0.29) is 11.3 Å². The zero-order chi connectivity index (χ0) is 9.72. The van der Waals surface area contributed by atoms with E-state index >= 15 is 0 Å². The van der Waals surface area contributed by atoms with E-state index in [1.807, 2.05) is 0 Å². The van der Waals surface area contributed by atoms with Crippen molar-refractivity contribution in [3.05, 3.63) is 36.5 Å². The summed E-state index contributed by atoms with van der Waals surface area (Å²) in [6.45, 7) is 8.39. The number of aliphatic carboxylic acids is 1. The van der Waals surface area contributed by atoms with Crippen molar-refractivity contribution in [3.63, 3.8) is 0 Å². The van der Waals surface area contributed by atoms with Crippen LogP contribution < -0.4 is 0 Å². The number of hydrogen-bond donors (Lipinski definition) is 2. The normalized spacial score (nSPS) is 10.6. The quantitative estimate of drug-likeness (QED) is 0.379. The van der Waals surface area contributed by atoms with Gasteiger partial charge in [-0.25, -0.2) is 4.79 Å².